The molecule has 6 rings (SSSR count). The Bertz CT molecular complexity index is 1420. The van der Waals surface area contributed by atoms with E-state index in [9.17, 15) is 0 Å². The van der Waals surface area contributed by atoms with Crippen LogP contribution in [-0.4, -0.2) is 86.0 Å². The highest BCUT2D eigenvalue weighted by Crippen LogP contribution is 2.52. The van der Waals surface area contributed by atoms with E-state index >= 15 is 0 Å². The summed E-state index contributed by atoms with van der Waals surface area (Å²) in [5.41, 5.74) is 5.96. The molecule has 0 aromatic heterocycles. The summed E-state index contributed by atoms with van der Waals surface area (Å²) in [6, 6.07) is 17.6. The number of halogens is 1. The summed E-state index contributed by atoms with van der Waals surface area (Å²) in [5, 5.41) is 19.4. The minimum Gasteiger partial charge on any atom is -0.497 e. The minimum atomic E-state index is 0.618. The Morgan fingerprint density at radius 3 is 1.44 bits per heavy atom. The number of hydrogen-bond acceptors (Lipinski definition) is 11. The van der Waals surface area contributed by atoms with E-state index in [0.717, 1.165) is 76.2 Å². The van der Waals surface area contributed by atoms with Crippen LogP contribution in [0.5, 0.6) is 5.75 Å². The van der Waals surface area contributed by atoms with E-state index in [1.165, 1.54) is 0 Å². The van der Waals surface area contributed by atoms with E-state index in [2.05, 4.69) is 36.7 Å². The standard InChI is InChI=1S/C31H36BrN7O4/c1-40-26-8-6-25(7-9-26)34-36-30-28(38-12-18-42-19-13-38)22-27(37-10-16-41-17-11-37)29(31(30)39-14-20-43-21-15-39)35-33-24-4-2-23(32)3-5-24/h2-9,22H,10-21H2,1H3. The van der Waals surface area contributed by atoms with Gasteiger partial charge in [0.2, 0.25) is 0 Å². The second-order valence-corrected chi connectivity index (χ2v) is 11.2. The van der Waals surface area contributed by atoms with Gasteiger partial charge in [0.25, 0.3) is 0 Å². The van der Waals surface area contributed by atoms with Gasteiger partial charge in [-0.2, -0.15) is 10.2 Å². The Morgan fingerprint density at radius 2 is 1.00 bits per heavy atom. The van der Waals surface area contributed by atoms with Crippen LogP contribution in [0.2, 0.25) is 0 Å². The molecule has 0 unspecified atom stereocenters. The fourth-order valence-corrected chi connectivity index (χ4v) is 5.63. The first kappa shape index (κ1) is 29.5. The van der Waals surface area contributed by atoms with Crippen molar-refractivity contribution in [2.75, 3.05) is 101 Å². The highest BCUT2D eigenvalue weighted by Gasteiger charge is 2.30. The lowest BCUT2D eigenvalue weighted by molar-refractivity contribution is 0.122. The van der Waals surface area contributed by atoms with E-state index in [1.807, 2.05) is 48.5 Å². The van der Waals surface area contributed by atoms with Crippen LogP contribution >= 0.6 is 15.9 Å². The van der Waals surface area contributed by atoms with Gasteiger partial charge < -0.3 is 33.6 Å². The van der Waals surface area contributed by atoms with Gasteiger partial charge in [-0.25, -0.2) is 0 Å². The summed E-state index contributed by atoms with van der Waals surface area (Å²) in [6.07, 6.45) is 0. The van der Waals surface area contributed by atoms with Crippen LogP contribution in [0.1, 0.15) is 0 Å². The smallest absolute Gasteiger partial charge is 0.135 e. The van der Waals surface area contributed by atoms with Crippen molar-refractivity contribution in [3.05, 3.63) is 59.1 Å². The number of nitrogens with zero attached hydrogens (tertiary/aromatic N) is 7. The number of rotatable bonds is 8. The molecule has 3 aromatic carbocycles. The molecular formula is C31H36BrN7O4. The zero-order valence-corrected chi connectivity index (χ0v) is 25.9. The zero-order chi connectivity index (χ0) is 29.4. The molecular weight excluding hydrogens is 614 g/mol. The first-order valence-corrected chi connectivity index (χ1v) is 15.4. The van der Waals surface area contributed by atoms with Gasteiger partial charge in [-0.05, 0) is 54.6 Å². The Balaban J connectivity index is 1.55. The molecule has 11 nitrogen and oxygen atoms in total. The third-order valence-corrected chi connectivity index (χ3v) is 8.20. The molecule has 3 aliphatic rings. The van der Waals surface area contributed by atoms with Crippen LogP contribution in [-0.2, 0) is 14.2 Å². The summed E-state index contributed by atoms with van der Waals surface area (Å²) in [4.78, 5) is 7.00. The zero-order valence-electron chi connectivity index (χ0n) is 24.3. The van der Waals surface area contributed by atoms with Gasteiger partial charge in [-0.3, -0.25) is 0 Å². The number of hydrogen-bond donors (Lipinski definition) is 0. The highest BCUT2D eigenvalue weighted by molar-refractivity contribution is 9.10. The molecule has 0 aliphatic carbocycles. The molecule has 43 heavy (non-hydrogen) atoms. The summed E-state index contributed by atoms with van der Waals surface area (Å²) < 4.78 is 23.5. The highest BCUT2D eigenvalue weighted by atomic mass is 79.9. The normalized spacial score (nSPS) is 18.1. The number of anilines is 3. The lowest BCUT2D eigenvalue weighted by atomic mass is 10.1. The van der Waals surface area contributed by atoms with Gasteiger partial charge in [-0.1, -0.05) is 15.9 Å². The molecule has 226 valence electrons. The topological polar surface area (TPSA) is 96.1 Å². The van der Waals surface area contributed by atoms with Gasteiger partial charge >= 0.3 is 0 Å². The number of morpholine rings is 3. The number of ether oxygens (including phenoxy) is 4. The first-order valence-electron chi connectivity index (χ1n) is 14.6. The maximum Gasteiger partial charge on any atom is 0.135 e. The molecule has 12 heteroatoms. The summed E-state index contributed by atoms with van der Waals surface area (Å²) >= 11 is 3.52. The van der Waals surface area contributed by atoms with Gasteiger partial charge in [-0.15, -0.1) is 10.2 Å². The first-order chi connectivity index (χ1) is 21.2. The molecule has 3 saturated heterocycles. The fraction of sp³-hybridized carbons (Fsp3) is 0.419. The molecule has 3 heterocycles. The van der Waals surface area contributed by atoms with E-state index in [1.54, 1.807) is 7.11 Å². The second-order valence-electron chi connectivity index (χ2n) is 10.3. The lowest BCUT2D eigenvalue weighted by Gasteiger charge is -2.37. The molecule has 0 N–H and O–H groups in total. The van der Waals surface area contributed by atoms with E-state index < -0.39 is 0 Å². The van der Waals surface area contributed by atoms with Crippen molar-refractivity contribution in [3.63, 3.8) is 0 Å². The Hall–Kier alpha value is -3.58. The maximum atomic E-state index is 5.77. The Labute approximate surface area is 260 Å². The van der Waals surface area contributed by atoms with Crippen molar-refractivity contribution in [1.82, 2.24) is 0 Å². The molecule has 3 aliphatic heterocycles. The summed E-state index contributed by atoms with van der Waals surface area (Å²) in [6.45, 7) is 8.31. The largest absolute Gasteiger partial charge is 0.497 e. The van der Waals surface area contributed by atoms with Crippen LogP contribution < -0.4 is 19.4 Å². The second kappa shape index (κ2) is 14.3. The monoisotopic (exact) mass is 649 g/mol. The summed E-state index contributed by atoms with van der Waals surface area (Å²) in [5.74, 6) is 0.771. The average Bonchev–Trinajstić information content (AvgIpc) is 3.08. The third-order valence-electron chi connectivity index (χ3n) is 7.67. The van der Waals surface area contributed by atoms with Crippen molar-refractivity contribution >= 4 is 55.7 Å². The van der Waals surface area contributed by atoms with Crippen LogP contribution in [0.4, 0.5) is 39.8 Å². The Morgan fingerprint density at radius 1 is 0.581 bits per heavy atom. The van der Waals surface area contributed by atoms with Crippen molar-refractivity contribution in [2.24, 2.45) is 20.5 Å². The number of benzene rings is 3. The number of azo groups is 2. The molecule has 0 bridgehead atoms. The molecule has 3 aromatic rings. The van der Waals surface area contributed by atoms with Gasteiger partial charge in [0.1, 0.15) is 17.1 Å². The number of methoxy groups -OCH3 is 1. The minimum absolute atomic E-state index is 0.618. The van der Waals surface area contributed by atoms with Crippen molar-refractivity contribution < 1.29 is 18.9 Å². The third kappa shape index (κ3) is 7.15. The van der Waals surface area contributed by atoms with Crippen molar-refractivity contribution in [3.8, 4) is 5.75 Å². The summed E-state index contributed by atoms with van der Waals surface area (Å²) in [7, 11) is 1.65. The predicted octanol–water partition coefficient (Wildman–Crippen LogP) is 6.80. The molecule has 0 spiro atoms. The Kier molecular flexibility index (Phi) is 9.78. The fourth-order valence-electron chi connectivity index (χ4n) is 5.37. The molecule has 0 radical (unpaired) electrons. The maximum absolute atomic E-state index is 5.77. The lowest BCUT2D eigenvalue weighted by Crippen LogP contribution is -2.39. The van der Waals surface area contributed by atoms with Crippen LogP contribution in [0.15, 0.2) is 79.5 Å². The van der Waals surface area contributed by atoms with Gasteiger partial charge in [0, 0.05) is 43.7 Å². The molecule has 0 saturated carbocycles. The van der Waals surface area contributed by atoms with Crippen molar-refractivity contribution in [2.45, 2.75) is 0 Å². The van der Waals surface area contributed by atoms with E-state index in [-0.39, 0.29) is 0 Å². The van der Waals surface area contributed by atoms with Crippen LogP contribution in [0.3, 0.4) is 0 Å². The predicted molar refractivity (Wildman–Crippen MR) is 171 cm³/mol. The van der Waals surface area contributed by atoms with Gasteiger partial charge in [0.05, 0.1) is 75.2 Å². The van der Waals surface area contributed by atoms with Gasteiger partial charge in [0.15, 0.2) is 0 Å². The quantitative estimate of drug-likeness (QED) is 0.248. The van der Waals surface area contributed by atoms with Crippen LogP contribution in [0, 0.1) is 0 Å². The molecule has 3 fully saturated rings. The SMILES string of the molecule is COc1ccc(N=Nc2c(N3CCOCC3)cc(N3CCOCC3)c(N=Nc3ccc(Br)cc3)c2N2CCOCC2)cc1. The molecule has 0 atom stereocenters. The molecule has 0 amide bonds. The van der Waals surface area contributed by atoms with Crippen molar-refractivity contribution in [1.29, 1.82) is 0 Å². The average molecular weight is 651 g/mol. The van der Waals surface area contributed by atoms with Crippen LogP contribution in [0.25, 0.3) is 0 Å². The van der Waals surface area contributed by atoms with E-state index in [0.29, 0.717) is 52.7 Å². The van der Waals surface area contributed by atoms with E-state index in [4.69, 9.17) is 39.4 Å².